The molecule has 1 aliphatic heterocycles. The van der Waals surface area contributed by atoms with Crippen molar-refractivity contribution in [2.24, 2.45) is 5.41 Å². The fourth-order valence-corrected chi connectivity index (χ4v) is 3.80. The first-order valence-corrected chi connectivity index (χ1v) is 7.76. The quantitative estimate of drug-likeness (QED) is 0.919. The van der Waals surface area contributed by atoms with E-state index in [1.165, 1.54) is 6.42 Å². The lowest BCUT2D eigenvalue weighted by Crippen LogP contribution is -2.38. The molecule has 2 aromatic heterocycles. The van der Waals surface area contributed by atoms with Gasteiger partial charge in [0.15, 0.2) is 5.82 Å². The maximum Gasteiger partial charge on any atom is 0.255 e. The van der Waals surface area contributed by atoms with Gasteiger partial charge in [0.25, 0.3) is 5.91 Å². The van der Waals surface area contributed by atoms with Crippen molar-refractivity contribution in [3.05, 3.63) is 41.7 Å². The van der Waals surface area contributed by atoms with E-state index in [2.05, 4.69) is 20.2 Å². The summed E-state index contributed by atoms with van der Waals surface area (Å²) in [4.78, 5) is 23.2. The third-order valence-corrected chi connectivity index (χ3v) is 5.12. The Labute approximate surface area is 129 Å². The van der Waals surface area contributed by atoms with Crippen molar-refractivity contribution in [3.8, 4) is 0 Å². The molecule has 114 valence electrons. The van der Waals surface area contributed by atoms with Crippen LogP contribution in [0.2, 0.25) is 0 Å². The molecule has 1 saturated carbocycles. The molecule has 2 fully saturated rings. The number of H-pyrrole nitrogens is 1. The summed E-state index contributed by atoms with van der Waals surface area (Å²) >= 11 is 0. The first kappa shape index (κ1) is 13.4. The fourth-order valence-electron chi connectivity index (χ4n) is 3.80. The predicted molar refractivity (Wildman–Crippen MR) is 80.3 cm³/mol. The van der Waals surface area contributed by atoms with E-state index in [1.807, 2.05) is 17.9 Å². The van der Waals surface area contributed by atoms with Gasteiger partial charge in [0.1, 0.15) is 5.82 Å². The summed E-state index contributed by atoms with van der Waals surface area (Å²) in [6.45, 7) is 3.42. The highest BCUT2D eigenvalue weighted by atomic mass is 16.2. The van der Waals surface area contributed by atoms with Crippen LogP contribution in [-0.4, -0.2) is 44.1 Å². The molecule has 1 amide bonds. The van der Waals surface area contributed by atoms with E-state index >= 15 is 0 Å². The van der Waals surface area contributed by atoms with Crippen LogP contribution in [0, 0.1) is 12.3 Å². The van der Waals surface area contributed by atoms with E-state index in [0.717, 1.165) is 31.0 Å². The first-order chi connectivity index (χ1) is 10.7. The second-order valence-electron chi connectivity index (χ2n) is 6.47. The number of rotatable bonds is 2. The van der Waals surface area contributed by atoms with Gasteiger partial charge in [-0.25, -0.2) is 4.98 Å². The number of hydrogen-bond acceptors (Lipinski definition) is 4. The number of amides is 1. The smallest absolute Gasteiger partial charge is 0.255 e. The topological polar surface area (TPSA) is 74.8 Å². The molecule has 4 rings (SSSR count). The number of aromatic nitrogens is 4. The SMILES string of the molecule is Cc1nc(C2CN(C(=O)c3cccnc3)CC23CCC3)n[nH]1. The molecule has 3 heterocycles. The van der Waals surface area contributed by atoms with Crippen LogP contribution in [0.25, 0.3) is 0 Å². The Bertz CT molecular complexity index is 692. The summed E-state index contributed by atoms with van der Waals surface area (Å²) in [5, 5.41) is 7.29. The minimum absolute atomic E-state index is 0.0640. The molecule has 1 saturated heterocycles. The Kier molecular flexibility index (Phi) is 2.99. The highest BCUT2D eigenvalue weighted by molar-refractivity contribution is 5.94. The minimum Gasteiger partial charge on any atom is -0.337 e. The molecule has 0 radical (unpaired) electrons. The van der Waals surface area contributed by atoms with E-state index in [0.29, 0.717) is 12.1 Å². The molecule has 1 aliphatic carbocycles. The molecule has 22 heavy (non-hydrogen) atoms. The van der Waals surface area contributed by atoms with Gasteiger partial charge in [-0.3, -0.25) is 14.9 Å². The zero-order valence-electron chi connectivity index (χ0n) is 12.6. The molecule has 0 bridgehead atoms. The van der Waals surface area contributed by atoms with Crippen LogP contribution in [0.15, 0.2) is 24.5 Å². The number of hydrogen-bond donors (Lipinski definition) is 1. The van der Waals surface area contributed by atoms with Gasteiger partial charge in [-0.15, -0.1) is 0 Å². The van der Waals surface area contributed by atoms with Crippen LogP contribution < -0.4 is 0 Å². The second kappa shape index (κ2) is 4.90. The standard InChI is InChI=1S/C16H19N5O/c1-11-18-14(20-19-11)13-9-21(10-16(13)5-3-6-16)15(22)12-4-2-7-17-8-12/h2,4,7-8,13H,3,5-6,9-10H2,1H3,(H,18,19,20). The summed E-state index contributed by atoms with van der Waals surface area (Å²) in [7, 11) is 0. The van der Waals surface area contributed by atoms with Gasteiger partial charge in [0, 0.05) is 31.4 Å². The number of carbonyl (C=O) groups is 1. The lowest BCUT2D eigenvalue weighted by atomic mass is 9.62. The van der Waals surface area contributed by atoms with E-state index in [-0.39, 0.29) is 17.2 Å². The lowest BCUT2D eigenvalue weighted by Gasteiger charge is -2.41. The summed E-state index contributed by atoms with van der Waals surface area (Å²) in [6.07, 6.45) is 6.87. The van der Waals surface area contributed by atoms with Gasteiger partial charge in [-0.05, 0) is 37.3 Å². The van der Waals surface area contributed by atoms with Gasteiger partial charge < -0.3 is 4.90 Å². The van der Waals surface area contributed by atoms with Gasteiger partial charge >= 0.3 is 0 Å². The van der Waals surface area contributed by atoms with Crippen LogP contribution in [0.5, 0.6) is 0 Å². The maximum absolute atomic E-state index is 12.7. The Hall–Kier alpha value is -2.24. The van der Waals surface area contributed by atoms with Crippen molar-refractivity contribution < 1.29 is 4.79 Å². The number of pyridine rings is 1. The molecular formula is C16H19N5O. The molecule has 1 atom stereocenters. The normalized spacial score (nSPS) is 22.8. The average Bonchev–Trinajstić information content (AvgIpc) is 3.10. The molecule has 6 heteroatoms. The minimum atomic E-state index is 0.0640. The van der Waals surface area contributed by atoms with Crippen molar-refractivity contribution >= 4 is 5.91 Å². The van der Waals surface area contributed by atoms with Crippen LogP contribution in [0.4, 0.5) is 0 Å². The number of carbonyl (C=O) groups excluding carboxylic acids is 1. The summed E-state index contributed by atoms with van der Waals surface area (Å²) in [5.74, 6) is 2.00. The van der Waals surface area contributed by atoms with Gasteiger partial charge in [0.05, 0.1) is 5.56 Å². The Morgan fingerprint density at radius 2 is 2.32 bits per heavy atom. The van der Waals surface area contributed by atoms with E-state index in [9.17, 15) is 4.79 Å². The van der Waals surface area contributed by atoms with Crippen LogP contribution >= 0.6 is 0 Å². The maximum atomic E-state index is 12.7. The van der Waals surface area contributed by atoms with Crippen LogP contribution in [0.3, 0.4) is 0 Å². The molecule has 2 aliphatic rings. The van der Waals surface area contributed by atoms with Crippen LogP contribution in [-0.2, 0) is 0 Å². The molecule has 2 aromatic rings. The predicted octanol–water partition coefficient (Wildman–Crippen LogP) is 1.92. The van der Waals surface area contributed by atoms with Crippen molar-refractivity contribution in [1.82, 2.24) is 25.1 Å². The highest BCUT2D eigenvalue weighted by Crippen LogP contribution is 2.55. The van der Waals surface area contributed by atoms with E-state index < -0.39 is 0 Å². The number of aromatic amines is 1. The third-order valence-electron chi connectivity index (χ3n) is 5.12. The van der Waals surface area contributed by atoms with Gasteiger partial charge in [-0.2, -0.15) is 5.10 Å². The van der Waals surface area contributed by atoms with Gasteiger partial charge in [-0.1, -0.05) is 6.42 Å². The largest absolute Gasteiger partial charge is 0.337 e. The average molecular weight is 297 g/mol. The Balaban J connectivity index is 1.61. The second-order valence-corrected chi connectivity index (χ2v) is 6.47. The van der Waals surface area contributed by atoms with Crippen LogP contribution in [0.1, 0.15) is 47.2 Å². The zero-order valence-corrected chi connectivity index (χ0v) is 12.6. The zero-order chi connectivity index (χ0) is 15.2. The van der Waals surface area contributed by atoms with E-state index in [1.54, 1.807) is 18.5 Å². The summed E-state index contributed by atoms with van der Waals surface area (Å²) in [6, 6.07) is 3.63. The fraction of sp³-hybridized carbons (Fsp3) is 0.500. The number of nitrogens with zero attached hydrogens (tertiary/aromatic N) is 4. The molecule has 6 nitrogen and oxygen atoms in total. The molecule has 1 N–H and O–H groups in total. The monoisotopic (exact) mass is 297 g/mol. The third kappa shape index (κ3) is 2.01. The number of aryl methyl sites for hydroxylation is 1. The molecule has 0 aromatic carbocycles. The molecular weight excluding hydrogens is 278 g/mol. The molecule has 1 unspecified atom stereocenters. The number of nitrogens with one attached hydrogen (secondary N) is 1. The summed E-state index contributed by atoms with van der Waals surface area (Å²) in [5.41, 5.74) is 0.829. The number of likely N-dealkylation sites (tertiary alicyclic amines) is 1. The van der Waals surface area contributed by atoms with Gasteiger partial charge in [0.2, 0.25) is 0 Å². The first-order valence-electron chi connectivity index (χ1n) is 7.76. The van der Waals surface area contributed by atoms with Crippen molar-refractivity contribution in [2.45, 2.75) is 32.1 Å². The Morgan fingerprint density at radius 1 is 1.45 bits per heavy atom. The van der Waals surface area contributed by atoms with Crippen molar-refractivity contribution in [2.75, 3.05) is 13.1 Å². The van der Waals surface area contributed by atoms with Crippen molar-refractivity contribution in [1.29, 1.82) is 0 Å². The highest BCUT2D eigenvalue weighted by Gasteiger charge is 2.53. The molecule has 1 spiro atoms. The lowest BCUT2D eigenvalue weighted by molar-refractivity contribution is 0.0723. The van der Waals surface area contributed by atoms with Crippen molar-refractivity contribution in [3.63, 3.8) is 0 Å². The van der Waals surface area contributed by atoms with E-state index in [4.69, 9.17) is 0 Å². The summed E-state index contributed by atoms with van der Waals surface area (Å²) < 4.78 is 0. The Morgan fingerprint density at radius 3 is 2.91 bits per heavy atom.